The first-order chi connectivity index (χ1) is 9.45. The minimum absolute atomic E-state index is 0.150. The van der Waals surface area contributed by atoms with Gasteiger partial charge >= 0.3 is 0 Å². The monoisotopic (exact) mass is 294 g/mol. The molecule has 0 aliphatic heterocycles. The van der Waals surface area contributed by atoms with Gasteiger partial charge in [-0.1, -0.05) is 20.8 Å². The van der Waals surface area contributed by atoms with E-state index < -0.39 is 0 Å². The summed E-state index contributed by atoms with van der Waals surface area (Å²) in [7, 11) is 0. The van der Waals surface area contributed by atoms with Gasteiger partial charge in [-0.3, -0.25) is 20.4 Å². The van der Waals surface area contributed by atoms with Crippen LogP contribution in [0.5, 0.6) is 0 Å². The molecule has 5 heteroatoms. The number of aryl methyl sites for hydroxylation is 1. The molecule has 0 saturated heterocycles. The number of amides is 2. The van der Waals surface area contributed by atoms with Crippen molar-refractivity contribution in [1.29, 1.82) is 0 Å². The molecule has 1 heterocycles. The minimum Gasteiger partial charge on any atom is -0.273 e. The second-order valence-electron chi connectivity index (χ2n) is 6.01. The average Bonchev–Trinajstić information content (AvgIpc) is 2.78. The standard InChI is InChI=1S/C15H22N2O2S/c1-9(2)6-14(18)16-17-15(19)13-8-11-7-10(3)4-5-12(11)20-13/h8-10H,4-7H2,1-3H3,(H,16,18)(H,17,19). The first kappa shape index (κ1) is 15.0. The molecule has 2 amide bonds. The fourth-order valence-electron chi connectivity index (χ4n) is 2.43. The van der Waals surface area contributed by atoms with E-state index in [1.54, 1.807) is 11.3 Å². The van der Waals surface area contributed by atoms with Crippen LogP contribution in [0.25, 0.3) is 0 Å². The van der Waals surface area contributed by atoms with Crippen molar-refractivity contribution in [3.8, 4) is 0 Å². The van der Waals surface area contributed by atoms with E-state index >= 15 is 0 Å². The Morgan fingerprint density at radius 3 is 2.85 bits per heavy atom. The van der Waals surface area contributed by atoms with Gasteiger partial charge in [0, 0.05) is 11.3 Å². The summed E-state index contributed by atoms with van der Waals surface area (Å²) in [6.45, 7) is 6.18. The second kappa shape index (κ2) is 6.39. The highest BCUT2D eigenvalue weighted by Gasteiger charge is 2.20. The molecule has 2 rings (SSSR count). The molecule has 0 radical (unpaired) electrons. The first-order valence-corrected chi connectivity index (χ1v) is 7.98. The third-order valence-electron chi connectivity index (χ3n) is 3.46. The van der Waals surface area contributed by atoms with Crippen LogP contribution < -0.4 is 10.9 Å². The number of carbonyl (C=O) groups is 2. The lowest BCUT2D eigenvalue weighted by Crippen LogP contribution is -2.41. The smallest absolute Gasteiger partial charge is 0.273 e. The molecule has 20 heavy (non-hydrogen) atoms. The Labute approximate surface area is 123 Å². The van der Waals surface area contributed by atoms with Crippen LogP contribution in [0.15, 0.2) is 6.07 Å². The van der Waals surface area contributed by atoms with Gasteiger partial charge < -0.3 is 0 Å². The van der Waals surface area contributed by atoms with Crippen LogP contribution in [0.1, 0.15) is 53.7 Å². The van der Waals surface area contributed by atoms with Gasteiger partial charge in [0.1, 0.15) is 0 Å². The van der Waals surface area contributed by atoms with Gasteiger partial charge in [0.05, 0.1) is 4.88 Å². The Morgan fingerprint density at radius 1 is 1.40 bits per heavy atom. The number of carbonyl (C=O) groups excluding carboxylic acids is 2. The van der Waals surface area contributed by atoms with Crippen LogP contribution in [-0.2, 0) is 17.6 Å². The minimum atomic E-state index is -0.214. The van der Waals surface area contributed by atoms with Crippen LogP contribution in [0.3, 0.4) is 0 Å². The number of nitrogens with one attached hydrogen (secondary N) is 2. The highest BCUT2D eigenvalue weighted by molar-refractivity contribution is 7.14. The van der Waals surface area contributed by atoms with Crippen LogP contribution in [0.2, 0.25) is 0 Å². The molecule has 4 nitrogen and oxygen atoms in total. The Morgan fingerprint density at radius 2 is 2.15 bits per heavy atom. The van der Waals surface area contributed by atoms with Gasteiger partial charge in [-0.25, -0.2) is 0 Å². The zero-order chi connectivity index (χ0) is 14.7. The van der Waals surface area contributed by atoms with E-state index in [4.69, 9.17) is 0 Å². The van der Waals surface area contributed by atoms with E-state index in [1.165, 1.54) is 16.9 Å². The van der Waals surface area contributed by atoms with E-state index in [2.05, 4.69) is 17.8 Å². The molecule has 0 bridgehead atoms. The Bertz CT molecular complexity index is 508. The predicted molar refractivity (Wildman–Crippen MR) is 80.6 cm³/mol. The molecule has 2 N–H and O–H groups in total. The van der Waals surface area contributed by atoms with Gasteiger partial charge in [0.2, 0.25) is 5.91 Å². The van der Waals surface area contributed by atoms with E-state index in [-0.39, 0.29) is 17.7 Å². The summed E-state index contributed by atoms with van der Waals surface area (Å²) < 4.78 is 0. The Hall–Kier alpha value is -1.36. The molecular formula is C15H22N2O2S. The normalized spacial score (nSPS) is 17.7. The summed E-state index contributed by atoms with van der Waals surface area (Å²) in [6, 6.07) is 1.97. The Kier molecular flexibility index (Phi) is 4.81. The molecule has 1 aliphatic carbocycles. The largest absolute Gasteiger partial charge is 0.279 e. The molecule has 0 fully saturated rings. The van der Waals surface area contributed by atoms with Crippen molar-refractivity contribution in [2.75, 3.05) is 0 Å². The van der Waals surface area contributed by atoms with Crippen molar-refractivity contribution in [1.82, 2.24) is 10.9 Å². The maximum atomic E-state index is 12.0. The number of hydrogen-bond acceptors (Lipinski definition) is 3. The number of hydrazine groups is 1. The summed E-state index contributed by atoms with van der Waals surface area (Å²) >= 11 is 1.55. The van der Waals surface area contributed by atoms with Gasteiger partial charge in [-0.05, 0) is 42.7 Å². The van der Waals surface area contributed by atoms with Crippen LogP contribution in [-0.4, -0.2) is 11.8 Å². The SMILES string of the molecule is CC(C)CC(=O)NNC(=O)c1cc2c(s1)CCC(C)C2. The van der Waals surface area contributed by atoms with Gasteiger partial charge in [0.25, 0.3) is 5.91 Å². The van der Waals surface area contributed by atoms with Crippen LogP contribution >= 0.6 is 11.3 Å². The molecule has 0 spiro atoms. The lowest BCUT2D eigenvalue weighted by Gasteiger charge is -2.16. The van der Waals surface area contributed by atoms with Crippen molar-refractivity contribution >= 4 is 23.2 Å². The summed E-state index contributed by atoms with van der Waals surface area (Å²) in [6.07, 6.45) is 3.73. The highest BCUT2D eigenvalue weighted by Crippen LogP contribution is 2.32. The quantitative estimate of drug-likeness (QED) is 0.842. The van der Waals surface area contributed by atoms with Crippen molar-refractivity contribution in [2.24, 2.45) is 11.8 Å². The molecule has 1 unspecified atom stereocenters. The van der Waals surface area contributed by atoms with E-state index in [9.17, 15) is 9.59 Å². The van der Waals surface area contributed by atoms with Gasteiger partial charge in [-0.2, -0.15) is 0 Å². The van der Waals surface area contributed by atoms with Crippen LogP contribution in [0.4, 0.5) is 0 Å². The molecule has 0 saturated carbocycles. The van der Waals surface area contributed by atoms with E-state index in [0.717, 1.165) is 12.8 Å². The number of thiophene rings is 1. The van der Waals surface area contributed by atoms with Crippen molar-refractivity contribution in [2.45, 2.75) is 46.5 Å². The van der Waals surface area contributed by atoms with Gasteiger partial charge in [0.15, 0.2) is 0 Å². The molecular weight excluding hydrogens is 272 g/mol. The number of rotatable bonds is 3. The Balaban J connectivity index is 1.92. The zero-order valence-corrected chi connectivity index (χ0v) is 13.1. The summed E-state index contributed by atoms with van der Waals surface area (Å²) in [4.78, 5) is 25.5. The lowest BCUT2D eigenvalue weighted by molar-refractivity contribution is -0.122. The molecule has 1 aromatic rings. The van der Waals surface area contributed by atoms with Crippen molar-refractivity contribution in [3.63, 3.8) is 0 Å². The van der Waals surface area contributed by atoms with Gasteiger partial charge in [-0.15, -0.1) is 11.3 Å². The third kappa shape index (κ3) is 3.82. The lowest BCUT2D eigenvalue weighted by atomic mass is 9.90. The molecule has 110 valence electrons. The third-order valence-corrected chi connectivity index (χ3v) is 4.70. The van der Waals surface area contributed by atoms with Crippen molar-refractivity contribution in [3.05, 3.63) is 21.4 Å². The maximum absolute atomic E-state index is 12.0. The fraction of sp³-hybridized carbons (Fsp3) is 0.600. The van der Waals surface area contributed by atoms with E-state index in [0.29, 0.717) is 17.2 Å². The second-order valence-corrected chi connectivity index (χ2v) is 7.14. The van der Waals surface area contributed by atoms with E-state index in [1.807, 2.05) is 19.9 Å². The molecule has 1 aliphatic rings. The maximum Gasteiger partial charge on any atom is 0.279 e. The fourth-order valence-corrected chi connectivity index (χ4v) is 3.53. The average molecular weight is 294 g/mol. The summed E-state index contributed by atoms with van der Waals surface area (Å²) in [5, 5.41) is 0. The summed E-state index contributed by atoms with van der Waals surface area (Å²) in [5.74, 6) is 0.610. The highest BCUT2D eigenvalue weighted by atomic mass is 32.1. The summed E-state index contributed by atoms with van der Waals surface area (Å²) in [5.41, 5.74) is 6.26. The molecule has 1 aromatic heterocycles. The molecule has 1 atom stereocenters. The topological polar surface area (TPSA) is 58.2 Å². The number of hydrogen-bond donors (Lipinski definition) is 2. The first-order valence-electron chi connectivity index (χ1n) is 7.16. The predicted octanol–water partition coefficient (Wildman–Crippen LogP) is 2.68. The van der Waals surface area contributed by atoms with Crippen molar-refractivity contribution < 1.29 is 9.59 Å². The molecule has 0 aromatic carbocycles. The van der Waals surface area contributed by atoms with Crippen LogP contribution in [0, 0.1) is 11.8 Å². The number of fused-ring (bicyclic) bond motifs is 1. The zero-order valence-electron chi connectivity index (χ0n) is 12.3.